The summed E-state index contributed by atoms with van der Waals surface area (Å²) in [5.74, 6) is -0.239. The number of nitrogens with one attached hydrogen (secondary N) is 1. The molecule has 0 radical (unpaired) electrons. The molecule has 0 atom stereocenters. The second-order valence-corrected chi connectivity index (χ2v) is 8.31. The topological polar surface area (TPSA) is 90.3 Å². The molecule has 2 aromatic rings. The molecule has 0 bridgehead atoms. The van der Waals surface area contributed by atoms with Crippen molar-refractivity contribution in [3.05, 3.63) is 58.1 Å². The Hall–Kier alpha value is -2.21. The van der Waals surface area contributed by atoms with Gasteiger partial charge in [0.1, 0.15) is 0 Å². The number of halogens is 1. The van der Waals surface area contributed by atoms with Crippen LogP contribution in [0.15, 0.2) is 51.8 Å². The molecule has 6 nitrogen and oxygen atoms in total. The molecule has 1 amide bonds. The number of hydrogen-bond donors (Lipinski definition) is 1. The van der Waals surface area contributed by atoms with Crippen LogP contribution in [0.3, 0.4) is 0 Å². The van der Waals surface area contributed by atoms with Crippen LogP contribution in [0.1, 0.15) is 22.3 Å². The van der Waals surface area contributed by atoms with E-state index < -0.39 is 10.0 Å². The highest BCUT2D eigenvalue weighted by atomic mass is 79.9. The van der Waals surface area contributed by atoms with Gasteiger partial charge in [-0.2, -0.15) is 5.26 Å². The first-order valence-electron chi connectivity index (χ1n) is 7.77. The van der Waals surface area contributed by atoms with Gasteiger partial charge in [0.15, 0.2) is 0 Å². The summed E-state index contributed by atoms with van der Waals surface area (Å²) in [6, 6.07) is 13.2. The van der Waals surface area contributed by atoms with E-state index in [1.807, 2.05) is 31.2 Å². The molecule has 0 aliphatic rings. The van der Waals surface area contributed by atoms with Gasteiger partial charge in [-0.25, -0.2) is 13.1 Å². The molecule has 0 saturated carbocycles. The number of anilines is 1. The van der Waals surface area contributed by atoms with E-state index in [2.05, 4.69) is 20.7 Å². The highest BCUT2D eigenvalue weighted by Crippen LogP contribution is 2.24. The van der Waals surface area contributed by atoms with Gasteiger partial charge in [-0.1, -0.05) is 15.9 Å². The number of aryl methyl sites for hydroxylation is 1. The maximum Gasteiger partial charge on any atom is 0.258 e. The summed E-state index contributed by atoms with van der Waals surface area (Å²) in [5, 5.41) is 8.48. The molecule has 0 aliphatic heterocycles. The number of sulfonamides is 1. The second kappa shape index (κ2) is 8.45. The van der Waals surface area contributed by atoms with Gasteiger partial charge >= 0.3 is 0 Å². The fraction of sp³-hybridized carbons (Fsp3) is 0.222. The van der Waals surface area contributed by atoms with Gasteiger partial charge in [0.25, 0.3) is 5.91 Å². The number of benzene rings is 2. The Kier molecular flexibility index (Phi) is 6.53. The summed E-state index contributed by atoms with van der Waals surface area (Å²) >= 11 is 3.39. The third kappa shape index (κ3) is 4.69. The quantitative estimate of drug-likeness (QED) is 0.705. The molecule has 2 aromatic carbocycles. The van der Waals surface area contributed by atoms with Crippen LogP contribution in [-0.2, 0) is 10.0 Å². The van der Waals surface area contributed by atoms with Crippen LogP contribution in [0, 0.1) is 18.3 Å². The SMILES string of the molecule is Cc1cc(Br)ccc1N(C)C(=O)c1ccc(S(=O)(=O)NCCC#N)cc1. The van der Waals surface area contributed by atoms with Crippen molar-refractivity contribution in [2.24, 2.45) is 0 Å². The molecule has 0 aromatic heterocycles. The van der Waals surface area contributed by atoms with Crippen LogP contribution in [0.25, 0.3) is 0 Å². The molecule has 136 valence electrons. The van der Waals surface area contributed by atoms with Gasteiger partial charge in [0.2, 0.25) is 10.0 Å². The first kappa shape index (κ1) is 20.1. The zero-order valence-corrected chi connectivity index (χ0v) is 16.8. The van der Waals surface area contributed by atoms with E-state index in [9.17, 15) is 13.2 Å². The Morgan fingerprint density at radius 3 is 2.46 bits per heavy atom. The average molecular weight is 436 g/mol. The zero-order valence-electron chi connectivity index (χ0n) is 14.4. The summed E-state index contributed by atoms with van der Waals surface area (Å²) in [6.07, 6.45) is 0.0904. The van der Waals surface area contributed by atoms with Crippen LogP contribution in [0.5, 0.6) is 0 Å². The normalized spacial score (nSPS) is 11.0. The molecule has 0 unspecified atom stereocenters. The Balaban J connectivity index is 2.19. The van der Waals surface area contributed by atoms with Gasteiger partial charge in [0.05, 0.1) is 11.0 Å². The van der Waals surface area contributed by atoms with Gasteiger partial charge in [-0.15, -0.1) is 0 Å². The molecule has 0 aliphatic carbocycles. The second-order valence-electron chi connectivity index (χ2n) is 5.63. The number of nitrogens with zero attached hydrogens (tertiary/aromatic N) is 2. The molecule has 1 N–H and O–H groups in total. The predicted molar refractivity (Wildman–Crippen MR) is 103 cm³/mol. The number of nitriles is 1. The fourth-order valence-electron chi connectivity index (χ4n) is 2.40. The molecule has 0 spiro atoms. The lowest BCUT2D eigenvalue weighted by molar-refractivity contribution is 0.0992. The van der Waals surface area contributed by atoms with Crippen LogP contribution in [0.2, 0.25) is 0 Å². The zero-order chi connectivity index (χ0) is 19.3. The average Bonchev–Trinajstić information content (AvgIpc) is 2.61. The third-order valence-corrected chi connectivity index (χ3v) is 5.74. The van der Waals surface area contributed by atoms with Gasteiger partial charge in [0, 0.05) is 35.7 Å². The summed E-state index contributed by atoms with van der Waals surface area (Å²) in [7, 11) is -2.02. The van der Waals surface area contributed by atoms with Crippen molar-refractivity contribution < 1.29 is 13.2 Å². The minimum Gasteiger partial charge on any atom is -0.311 e. The molecule has 0 heterocycles. The monoisotopic (exact) mass is 435 g/mol. The predicted octanol–water partition coefficient (Wildman–Crippen LogP) is 3.23. The van der Waals surface area contributed by atoms with Gasteiger partial charge in [-0.3, -0.25) is 4.79 Å². The first-order chi connectivity index (χ1) is 12.3. The van der Waals surface area contributed by atoms with E-state index in [-0.39, 0.29) is 23.8 Å². The Morgan fingerprint density at radius 1 is 1.23 bits per heavy atom. The van der Waals surface area contributed by atoms with Crippen LogP contribution in [0.4, 0.5) is 5.69 Å². The number of carbonyl (C=O) groups excluding carboxylic acids is 1. The van der Waals surface area contributed by atoms with Gasteiger partial charge < -0.3 is 4.90 Å². The number of hydrogen-bond acceptors (Lipinski definition) is 4. The summed E-state index contributed by atoms with van der Waals surface area (Å²) < 4.78 is 27.5. The van der Waals surface area contributed by atoms with Crippen molar-refractivity contribution >= 4 is 37.5 Å². The molecule has 0 saturated heterocycles. The highest BCUT2D eigenvalue weighted by Gasteiger charge is 2.18. The highest BCUT2D eigenvalue weighted by molar-refractivity contribution is 9.10. The van der Waals surface area contributed by atoms with E-state index >= 15 is 0 Å². The van der Waals surface area contributed by atoms with Crippen molar-refractivity contribution in [1.82, 2.24) is 4.72 Å². The summed E-state index contributed by atoms with van der Waals surface area (Å²) in [6.45, 7) is 1.96. The minimum atomic E-state index is -3.69. The van der Waals surface area contributed by atoms with Crippen LogP contribution >= 0.6 is 15.9 Å². The molecular formula is C18H18BrN3O3S. The van der Waals surface area contributed by atoms with E-state index in [4.69, 9.17) is 5.26 Å². The number of amides is 1. The van der Waals surface area contributed by atoms with Crippen LogP contribution in [-0.4, -0.2) is 27.9 Å². The largest absolute Gasteiger partial charge is 0.311 e. The van der Waals surface area contributed by atoms with Crippen LogP contribution < -0.4 is 9.62 Å². The Bertz CT molecular complexity index is 951. The standard InChI is InChI=1S/C18H18BrN3O3S/c1-13-12-15(19)6-9-17(13)22(2)18(23)14-4-7-16(8-5-14)26(24,25)21-11-3-10-20/h4-9,12,21H,3,11H2,1-2H3. The lowest BCUT2D eigenvalue weighted by Gasteiger charge is -2.20. The summed E-state index contributed by atoms with van der Waals surface area (Å²) in [5.41, 5.74) is 2.09. The van der Waals surface area contributed by atoms with E-state index in [1.54, 1.807) is 7.05 Å². The van der Waals surface area contributed by atoms with E-state index in [1.165, 1.54) is 29.2 Å². The minimum absolute atomic E-state index is 0.0467. The van der Waals surface area contributed by atoms with Crippen molar-refractivity contribution in [1.29, 1.82) is 5.26 Å². The fourth-order valence-corrected chi connectivity index (χ4v) is 3.91. The first-order valence-corrected chi connectivity index (χ1v) is 10.0. The van der Waals surface area contributed by atoms with Crippen molar-refractivity contribution in [3.8, 4) is 6.07 Å². The van der Waals surface area contributed by atoms with Crippen molar-refractivity contribution in [2.75, 3.05) is 18.5 Å². The van der Waals surface area contributed by atoms with Crippen molar-refractivity contribution in [3.63, 3.8) is 0 Å². The van der Waals surface area contributed by atoms with E-state index in [0.29, 0.717) is 5.56 Å². The molecular weight excluding hydrogens is 418 g/mol. The lowest BCUT2D eigenvalue weighted by atomic mass is 10.1. The Labute approximate surface area is 161 Å². The Morgan fingerprint density at radius 2 is 1.88 bits per heavy atom. The summed E-state index contributed by atoms with van der Waals surface area (Å²) in [4.78, 5) is 14.2. The van der Waals surface area contributed by atoms with Crippen molar-refractivity contribution in [2.45, 2.75) is 18.2 Å². The molecule has 2 rings (SSSR count). The maximum absolute atomic E-state index is 12.7. The van der Waals surface area contributed by atoms with Gasteiger partial charge in [-0.05, 0) is 55.0 Å². The molecule has 26 heavy (non-hydrogen) atoms. The number of carbonyl (C=O) groups is 1. The third-order valence-electron chi connectivity index (χ3n) is 3.77. The lowest BCUT2D eigenvalue weighted by Crippen LogP contribution is -2.27. The number of rotatable bonds is 6. The maximum atomic E-state index is 12.7. The smallest absolute Gasteiger partial charge is 0.258 e. The molecule has 0 fully saturated rings. The van der Waals surface area contributed by atoms with E-state index in [0.717, 1.165) is 15.7 Å². The molecule has 8 heteroatoms.